The number of likely N-dealkylation sites (N-methyl/N-ethyl adjacent to an activating group) is 1. The summed E-state index contributed by atoms with van der Waals surface area (Å²) < 4.78 is 27.9. The highest BCUT2D eigenvalue weighted by Crippen LogP contribution is 2.36. The van der Waals surface area contributed by atoms with Gasteiger partial charge in [-0.15, -0.1) is 0 Å². The SMILES string of the molecule is CN(C)C1(C(=O)Cc2c(F)ccc(Br)c2F)CCCC1. The van der Waals surface area contributed by atoms with Crippen molar-refractivity contribution < 1.29 is 13.6 Å². The van der Waals surface area contributed by atoms with Gasteiger partial charge in [0.1, 0.15) is 11.6 Å². The van der Waals surface area contributed by atoms with Gasteiger partial charge < -0.3 is 0 Å². The van der Waals surface area contributed by atoms with Gasteiger partial charge in [0.25, 0.3) is 0 Å². The molecule has 0 spiro atoms. The summed E-state index contributed by atoms with van der Waals surface area (Å²) in [5.74, 6) is -1.44. The van der Waals surface area contributed by atoms with Crippen molar-refractivity contribution in [1.29, 1.82) is 0 Å². The van der Waals surface area contributed by atoms with Crippen LogP contribution in [0, 0.1) is 11.6 Å². The average Bonchev–Trinajstić information content (AvgIpc) is 2.90. The second-order valence-corrected chi connectivity index (χ2v) is 6.41. The van der Waals surface area contributed by atoms with E-state index in [2.05, 4.69) is 15.9 Å². The van der Waals surface area contributed by atoms with Crippen LogP contribution in [0.4, 0.5) is 8.78 Å². The first-order valence-electron chi connectivity index (χ1n) is 6.71. The summed E-state index contributed by atoms with van der Waals surface area (Å²) in [4.78, 5) is 14.5. The Labute approximate surface area is 126 Å². The van der Waals surface area contributed by atoms with E-state index in [1.54, 1.807) is 0 Å². The Morgan fingerprint density at radius 2 is 1.90 bits per heavy atom. The van der Waals surface area contributed by atoms with Crippen LogP contribution in [0.25, 0.3) is 0 Å². The predicted molar refractivity (Wildman–Crippen MR) is 77.7 cm³/mol. The molecule has 0 amide bonds. The van der Waals surface area contributed by atoms with Gasteiger partial charge >= 0.3 is 0 Å². The van der Waals surface area contributed by atoms with Crippen molar-refractivity contribution in [2.45, 2.75) is 37.6 Å². The number of Topliss-reactive ketones (excluding diaryl/α,β-unsaturated/α-hetero) is 1. The lowest BCUT2D eigenvalue weighted by atomic mass is 9.86. The predicted octanol–water partition coefficient (Wildman–Crippen LogP) is 3.71. The maximum atomic E-state index is 14.0. The van der Waals surface area contributed by atoms with Crippen molar-refractivity contribution in [1.82, 2.24) is 4.90 Å². The third-order valence-corrected chi connectivity index (χ3v) is 4.89. The van der Waals surface area contributed by atoms with Gasteiger partial charge in [0.05, 0.1) is 10.0 Å². The molecule has 0 N–H and O–H groups in total. The first kappa shape index (κ1) is 15.6. The normalized spacial score (nSPS) is 17.7. The number of nitrogens with zero attached hydrogens (tertiary/aromatic N) is 1. The number of carbonyl (C=O) groups is 1. The van der Waals surface area contributed by atoms with E-state index in [0.717, 1.165) is 25.7 Å². The maximum absolute atomic E-state index is 14.0. The summed E-state index contributed by atoms with van der Waals surface area (Å²) in [6.07, 6.45) is 3.28. The van der Waals surface area contributed by atoms with Crippen LogP contribution in [0.15, 0.2) is 16.6 Å². The monoisotopic (exact) mass is 345 g/mol. The van der Waals surface area contributed by atoms with Gasteiger partial charge in [0.15, 0.2) is 5.78 Å². The van der Waals surface area contributed by atoms with Crippen molar-refractivity contribution in [2.24, 2.45) is 0 Å². The summed E-state index contributed by atoms with van der Waals surface area (Å²) in [5, 5.41) is 0. The Balaban J connectivity index is 2.30. The summed E-state index contributed by atoms with van der Waals surface area (Å²) in [6.45, 7) is 0. The minimum Gasteiger partial charge on any atom is -0.297 e. The number of benzene rings is 1. The van der Waals surface area contributed by atoms with Crippen molar-refractivity contribution in [3.8, 4) is 0 Å². The summed E-state index contributed by atoms with van der Waals surface area (Å²) in [6, 6.07) is 2.50. The standard InChI is InChI=1S/C15H18BrF2NO/c1-19(2)15(7-3-4-8-15)13(20)9-10-12(17)6-5-11(16)14(10)18/h5-6H,3-4,7-9H2,1-2H3. The van der Waals surface area contributed by atoms with E-state index in [4.69, 9.17) is 0 Å². The molecule has 0 radical (unpaired) electrons. The van der Waals surface area contributed by atoms with Crippen molar-refractivity contribution >= 4 is 21.7 Å². The highest BCUT2D eigenvalue weighted by atomic mass is 79.9. The molecule has 0 atom stereocenters. The number of rotatable bonds is 4. The van der Waals surface area contributed by atoms with Crippen LogP contribution < -0.4 is 0 Å². The molecule has 0 heterocycles. The van der Waals surface area contributed by atoms with Gasteiger partial charge in [-0.25, -0.2) is 8.78 Å². The lowest BCUT2D eigenvalue weighted by molar-refractivity contribution is -0.129. The van der Waals surface area contributed by atoms with E-state index in [-0.39, 0.29) is 22.2 Å². The molecular weight excluding hydrogens is 328 g/mol. The molecule has 1 fully saturated rings. The fraction of sp³-hybridized carbons (Fsp3) is 0.533. The summed E-state index contributed by atoms with van der Waals surface area (Å²) in [7, 11) is 3.72. The Hall–Kier alpha value is -0.810. The van der Waals surface area contributed by atoms with E-state index >= 15 is 0 Å². The van der Waals surface area contributed by atoms with Crippen LogP contribution in [0.5, 0.6) is 0 Å². The Kier molecular flexibility index (Phi) is 4.59. The summed E-state index contributed by atoms with van der Waals surface area (Å²) in [5.41, 5.74) is -0.709. The fourth-order valence-electron chi connectivity index (χ4n) is 2.99. The van der Waals surface area contributed by atoms with Gasteiger partial charge in [-0.3, -0.25) is 9.69 Å². The van der Waals surface area contributed by atoms with Gasteiger partial charge in [-0.1, -0.05) is 12.8 Å². The molecule has 1 aliphatic rings. The van der Waals surface area contributed by atoms with Crippen LogP contribution in [-0.4, -0.2) is 30.3 Å². The topological polar surface area (TPSA) is 20.3 Å². The van der Waals surface area contributed by atoms with Gasteiger partial charge in [-0.2, -0.15) is 0 Å². The lowest BCUT2D eigenvalue weighted by Crippen LogP contribution is -2.49. The van der Waals surface area contributed by atoms with E-state index in [1.165, 1.54) is 12.1 Å². The van der Waals surface area contributed by atoms with Crippen LogP contribution in [0.3, 0.4) is 0 Å². The van der Waals surface area contributed by atoms with Crippen molar-refractivity contribution in [3.63, 3.8) is 0 Å². The maximum Gasteiger partial charge on any atom is 0.157 e. The second-order valence-electron chi connectivity index (χ2n) is 5.55. The number of halogens is 3. The molecule has 0 unspecified atom stereocenters. The van der Waals surface area contributed by atoms with Crippen molar-refractivity contribution in [3.05, 3.63) is 33.8 Å². The lowest BCUT2D eigenvalue weighted by Gasteiger charge is -2.34. The molecule has 2 rings (SSSR count). The highest BCUT2D eigenvalue weighted by molar-refractivity contribution is 9.10. The van der Waals surface area contributed by atoms with Crippen LogP contribution >= 0.6 is 15.9 Å². The summed E-state index contributed by atoms with van der Waals surface area (Å²) >= 11 is 3.03. The highest BCUT2D eigenvalue weighted by Gasteiger charge is 2.42. The zero-order valence-corrected chi connectivity index (χ0v) is 13.3. The molecule has 1 saturated carbocycles. The Morgan fingerprint density at radius 1 is 1.30 bits per heavy atom. The zero-order valence-electron chi connectivity index (χ0n) is 11.7. The zero-order chi connectivity index (χ0) is 14.9. The quantitative estimate of drug-likeness (QED) is 0.775. The smallest absolute Gasteiger partial charge is 0.157 e. The molecule has 5 heteroatoms. The minimum absolute atomic E-state index is 0.101. The molecule has 110 valence electrons. The van der Waals surface area contributed by atoms with Gasteiger partial charge in [-0.05, 0) is 55.0 Å². The number of hydrogen-bond donors (Lipinski definition) is 0. The van der Waals surface area contributed by atoms with Crippen molar-refractivity contribution in [2.75, 3.05) is 14.1 Å². The fourth-order valence-corrected chi connectivity index (χ4v) is 3.36. The third-order valence-electron chi connectivity index (χ3n) is 4.28. The molecule has 0 aromatic heterocycles. The second kappa shape index (κ2) is 5.90. The first-order chi connectivity index (χ1) is 9.38. The van der Waals surface area contributed by atoms with E-state index < -0.39 is 17.2 Å². The van der Waals surface area contributed by atoms with Crippen LogP contribution in [0.1, 0.15) is 31.2 Å². The number of ketones is 1. The largest absolute Gasteiger partial charge is 0.297 e. The molecule has 0 aliphatic heterocycles. The Bertz CT molecular complexity index is 525. The molecule has 20 heavy (non-hydrogen) atoms. The van der Waals surface area contributed by atoms with Gasteiger partial charge in [0.2, 0.25) is 0 Å². The van der Waals surface area contributed by atoms with E-state index in [9.17, 15) is 13.6 Å². The molecular formula is C15H18BrF2NO. The Morgan fingerprint density at radius 3 is 2.45 bits per heavy atom. The molecule has 2 nitrogen and oxygen atoms in total. The van der Waals surface area contributed by atoms with Crippen LogP contribution in [0.2, 0.25) is 0 Å². The van der Waals surface area contributed by atoms with E-state index in [1.807, 2.05) is 19.0 Å². The number of hydrogen-bond acceptors (Lipinski definition) is 2. The molecule has 0 saturated heterocycles. The first-order valence-corrected chi connectivity index (χ1v) is 7.51. The molecule has 1 aromatic carbocycles. The third kappa shape index (κ3) is 2.66. The molecule has 0 bridgehead atoms. The molecule has 1 aliphatic carbocycles. The van der Waals surface area contributed by atoms with E-state index in [0.29, 0.717) is 0 Å². The molecule has 1 aromatic rings. The minimum atomic E-state index is -0.676. The van der Waals surface area contributed by atoms with Crippen LogP contribution in [-0.2, 0) is 11.2 Å². The van der Waals surface area contributed by atoms with Gasteiger partial charge in [0, 0.05) is 12.0 Å². The number of carbonyl (C=O) groups excluding carboxylic acids is 1. The average molecular weight is 346 g/mol.